The van der Waals surface area contributed by atoms with Crippen molar-refractivity contribution >= 4 is 11.6 Å². The highest BCUT2D eigenvalue weighted by Gasteiger charge is 2.19. The molecular weight excluding hydrogens is 394 g/mol. The smallest absolute Gasteiger partial charge is 0.159 e. The van der Waals surface area contributed by atoms with E-state index in [0.717, 1.165) is 59.4 Å². The maximum Gasteiger partial charge on any atom is 0.159 e. The van der Waals surface area contributed by atoms with E-state index in [1.54, 1.807) is 12.4 Å². The van der Waals surface area contributed by atoms with Gasteiger partial charge in [-0.15, -0.1) is 0 Å². The standard InChI is InChI=1S/C24H20ClN5/c25-21-3-1-2-19(12-21)22-5-4-17(13-27-22)15-30-11-8-23-20(16-30)14-28-24(29-23)18-6-9-26-10-7-18/h1-7,9-10,12-14H,8,11,15-16H2. The molecule has 0 saturated heterocycles. The van der Waals surface area contributed by atoms with Gasteiger partial charge in [-0.3, -0.25) is 14.9 Å². The Morgan fingerprint density at radius 2 is 1.83 bits per heavy atom. The van der Waals surface area contributed by atoms with E-state index in [9.17, 15) is 0 Å². The summed E-state index contributed by atoms with van der Waals surface area (Å²) in [6.07, 6.45) is 8.38. The highest BCUT2D eigenvalue weighted by atomic mass is 35.5. The van der Waals surface area contributed by atoms with E-state index in [1.807, 2.05) is 48.8 Å². The summed E-state index contributed by atoms with van der Waals surface area (Å²) in [6.45, 7) is 2.67. The number of rotatable bonds is 4. The lowest BCUT2D eigenvalue weighted by molar-refractivity contribution is 0.242. The van der Waals surface area contributed by atoms with Crippen molar-refractivity contribution in [2.24, 2.45) is 0 Å². The third-order valence-electron chi connectivity index (χ3n) is 5.30. The van der Waals surface area contributed by atoms with Crippen molar-refractivity contribution < 1.29 is 0 Å². The van der Waals surface area contributed by atoms with E-state index >= 15 is 0 Å². The maximum absolute atomic E-state index is 6.09. The monoisotopic (exact) mass is 413 g/mol. The highest BCUT2D eigenvalue weighted by Crippen LogP contribution is 2.23. The molecule has 0 N–H and O–H groups in total. The molecule has 0 saturated carbocycles. The molecule has 4 aromatic rings. The van der Waals surface area contributed by atoms with Gasteiger partial charge in [0.1, 0.15) is 0 Å². The van der Waals surface area contributed by atoms with Crippen LogP contribution in [0.1, 0.15) is 16.8 Å². The van der Waals surface area contributed by atoms with Crippen LogP contribution in [0.25, 0.3) is 22.6 Å². The Morgan fingerprint density at radius 1 is 0.933 bits per heavy atom. The Bertz CT molecular complexity index is 1160. The molecule has 0 amide bonds. The first-order chi connectivity index (χ1) is 14.7. The van der Waals surface area contributed by atoms with Gasteiger partial charge in [0.2, 0.25) is 0 Å². The Balaban J connectivity index is 1.27. The second kappa shape index (κ2) is 8.30. The average molecular weight is 414 g/mol. The van der Waals surface area contributed by atoms with Crippen LogP contribution in [0.3, 0.4) is 0 Å². The van der Waals surface area contributed by atoms with Crippen molar-refractivity contribution in [1.82, 2.24) is 24.8 Å². The zero-order chi connectivity index (χ0) is 20.3. The zero-order valence-electron chi connectivity index (χ0n) is 16.4. The summed E-state index contributed by atoms with van der Waals surface area (Å²) in [5.41, 5.74) is 6.50. The first-order valence-electron chi connectivity index (χ1n) is 9.93. The van der Waals surface area contributed by atoms with Gasteiger partial charge in [-0.25, -0.2) is 9.97 Å². The minimum atomic E-state index is 0.722. The quantitative estimate of drug-likeness (QED) is 0.480. The molecule has 0 bridgehead atoms. The van der Waals surface area contributed by atoms with Crippen molar-refractivity contribution in [3.8, 4) is 22.6 Å². The molecule has 6 heteroatoms. The molecule has 0 atom stereocenters. The van der Waals surface area contributed by atoms with Gasteiger partial charge in [0.05, 0.1) is 11.4 Å². The van der Waals surface area contributed by atoms with E-state index in [4.69, 9.17) is 16.6 Å². The van der Waals surface area contributed by atoms with Crippen molar-refractivity contribution in [3.63, 3.8) is 0 Å². The minimum absolute atomic E-state index is 0.722. The largest absolute Gasteiger partial charge is 0.294 e. The van der Waals surface area contributed by atoms with Crippen LogP contribution >= 0.6 is 11.6 Å². The van der Waals surface area contributed by atoms with E-state index in [2.05, 4.69) is 32.0 Å². The number of nitrogens with zero attached hydrogens (tertiary/aromatic N) is 5. The number of halogens is 1. The number of hydrogen-bond donors (Lipinski definition) is 0. The number of aromatic nitrogens is 4. The summed E-state index contributed by atoms with van der Waals surface area (Å²) in [7, 11) is 0. The van der Waals surface area contributed by atoms with Gasteiger partial charge in [0.25, 0.3) is 0 Å². The zero-order valence-corrected chi connectivity index (χ0v) is 17.1. The number of fused-ring (bicyclic) bond motifs is 1. The van der Waals surface area contributed by atoms with Gasteiger partial charge >= 0.3 is 0 Å². The molecule has 0 radical (unpaired) electrons. The fourth-order valence-electron chi connectivity index (χ4n) is 3.74. The number of pyridine rings is 2. The fourth-order valence-corrected chi connectivity index (χ4v) is 3.93. The molecule has 3 aromatic heterocycles. The van der Waals surface area contributed by atoms with Crippen LogP contribution in [0.15, 0.2) is 73.3 Å². The van der Waals surface area contributed by atoms with Gasteiger partial charge < -0.3 is 0 Å². The molecule has 0 aliphatic carbocycles. The van der Waals surface area contributed by atoms with Gasteiger partial charge in [0, 0.05) is 72.6 Å². The predicted octanol–water partition coefficient (Wildman–Crippen LogP) is 4.81. The van der Waals surface area contributed by atoms with E-state index < -0.39 is 0 Å². The van der Waals surface area contributed by atoms with Gasteiger partial charge in [-0.05, 0) is 35.9 Å². The minimum Gasteiger partial charge on any atom is -0.294 e. The van der Waals surface area contributed by atoms with E-state index in [0.29, 0.717) is 0 Å². The van der Waals surface area contributed by atoms with Crippen LogP contribution < -0.4 is 0 Å². The first-order valence-corrected chi connectivity index (χ1v) is 10.3. The molecule has 0 fully saturated rings. The molecule has 0 spiro atoms. The van der Waals surface area contributed by atoms with E-state index in [-0.39, 0.29) is 0 Å². The average Bonchev–Trinajstić information content (AvgIpc) is 2.80. The van der Waals surface area contributed by atoms with Crippen molar-refractivity contribution in [2.75, 3.05) is 6.54 Å². The summed E-state index contributed by atoms with van der Waals surface area (Å²) in [5, 5.41) is 0.722. The molecule has 30 heavy (non-hydrogen) atoms. The molecule has 5 nitrogen and oxygen atoms in total. The van der Waals surface area contributed by atoms with Crippen LogP contribution in [-0.4, -0.2) is 31.4 Å². The van der Waals surface area contributed by atoms with Crippen LogP contribution in [0.4, 0.5) is 0 Å². The third kappa shape index (κ3) is 4.08. The summed E-state index contributed by atoms with van der Waals surface area (Å²) in [6, 6.07) is 15.9. The summed E-state index contributed by atoms with van der Waals surface area (Å²) < 4.78 is 0. The van der Waals surface area contributed by atoms with Gasteiger partial charge in [-0.1, -0.05) is 29.8 Å². The van der Waals surface area contributed by atoms with Crippen LogP contribution in [0.2, 0.25) is 5.02 Å². The highest BCUT2D eigenvalue weighted by molar-refractivity contribution is 6.30. The van der Waals surface area contributed by atoms with Crippen molar-refractivity contribution in [3.05, 3.63) is 95.2 Å². The lowest BCUT2D eigenvalue weighted by Gasteiger charge is -2.28. The molecule has 1 aliphatic heterocycles. The normalized spacial score (nSPS) is 13.8. The Hall–Kier alpha value is -3.15. The molecule has 148 valence electrons. The van der Waals surface area contributed by atoms with Crippen molar-refractivity contribution in [1.29, 1.82) is 0 Å². The number of benzene rings is 1. The predicted molar refractivity (Wildman–Crippen MR) is 118 cm³/mol. The van der Waals surface area contributed by atoms with Crippen LogP contribution in [-0.2, 0) is 19.5 Å². The van der Waals surface area contributed by atoms with Gasteiger partial charge in [0.15, 0.2) is 5.82 Å². The first kappa shape index (κ1) is 18.9. The summed E-state index contributed by atoms with van der Waals surface area (Å²) in [4.78, 5) is 20.5. The van der Waals surface area contributed by atoms with Crippen molar-refractivity contribution in [2.45, 2.75) is 19.5 Å². The lowest BCUT2D eigenvalue weighted by atomic mass is 10.1. The van der Waals surface area contributed by atoms with Crippen LogP contribution in [0.5, 0.6) is 0 Å². The second-order valence-corrected chi connectivity index (χ2v) is 7.86. The van der Waals surface area contributed by atoms with Crippen LogP contribution in [0, 0.1) is 0 Å². The Morgan fingerprint density at radius 3 is 2.63 bits per heavy atom. The number of hydrogen-bond acceptors (Lipinski definition) is 5. The second-order valence-electron chi connectivity index (χ2n) is 7.42. The van der Waals surface area contributed by atoms with E-state index in [1.165, 1.54) is 11.1 Å². The summed E-state index contributed by atoms with van der Waals surface area (Å²) in [5.74, 6) is 0.769. The SMILES string of the molecule is Clc1cccc(-c2ccc(CN3CCc4nc(-c5ccncc5)ncc4C3)cn2)c1. The summed E-state index contributed by atoms with van der Waals surface area (Å²) >= 11 is 6.09. The molecule has 0 unspecified atom stereocenters. The maximum atomic E-state index is 6.09. The molecule has 5 rings (SSSR count). The molecular formula is C24H20ClN5. The lowest BCUT2D eigenvalue weighted by Crippen LogP contribution is -2.31. The Labute approximate surface area is 180 Å². The molecule has 1 aliphatic rings. The molecule has 1 aromatic carbocycles. The third-order valence-corrected chi connectivity index (χ3v) is 5.54. The topological polar surface area (TPSA) is 54.8 Å². The van der Waals surface area contributed by atoms with Gasteiger partial charge in [-0.2, -0.15) is 0 Å². The fraction of sp³-hybridized carbons (Fsp3) is 0.167. The Kier molecular flexibility index (Phi) is 5.22. The molecule has 4 heterocycles.